The monoisotopic (exact) mass is 483 g/mol. The third-order valence-corrected chi connectivity index (χ3v) is 5.52. The summed E-state index contributed by atoms with van der Waals surface area (Å²) in [6, 6.07) is 18.8. The normalized spacial score (nSPS) is 13.9. The van der Waals surface area contributed by atoms with Gasteiger partial charge < -0.3 is 19.5 Å². The lowest BCUT2D eigenvalue weighted by Crippen LogP contribution is -2.47. The summed E-state index contributed by atoms with van der Waals surface area (Å²) in [5.74, 6) is -0.958. The first-order valence-electron chi connectivity index (χ1n) is 11.8. The van der Waals surface area contributed by atoms with Crippen molar-refractivity contribution in [1.29, 1.82) is 0 Å². The average molecular weight is 484 g/mol. The Morgan fingerprint density at radius 2 is 1.40 bits per heavy atom. The number of hydrogen-bond donors (Lipinski definition) is 1. The van der Waals surface area contributed by atoms with Crippen molar-refractivity contribution >= 4 is 17.8 Å². The molecule has 2 aromatic rings. The molecule has 2 aromatic carbocycles. The molecule has 7 nitrogen and oxygen atoms in total. The number of Topliss-reactive ketones (excluding diaryl/α,β-unsaturated/α-hetero) is 1. The van der Waals surface area contributed by atoms with Crippen molar-refractivity contribution < 1.29 is 28.6 Å². The predicted octanol–water partition coefficient (Wildman–Crippen LogP) is 4.38. The number of carbonyl (C=O) groups excluding carboxylic acids is 3. The number of benzene rings is 2. The number of ketones is 1. The Labute approximate surface area is 208 Å². The number of carbonyl (C=O) groups is 3. The number of esters is 1. The van der Waals surface area contributed by atoms with Gasteiger partial charge in [0.05, 0.1) is 20.3 Å². The van der Waals surface area contributed by atoms with Gasteiger partial charge in [-0.2, -0.15) is 0 Å². The molecule has 0 saturated carbocycles. The molecule has 0 aliphatic rings. The third-order valence-electron chi connectivity index (χ3n) is 5.52. The second-order valence-electron chi connectivity index (χ2n) is 9.62. The van der Waals surface area contributed by atoms with Gasteiger partial charge in [0, 0.05) is 5.92 Å². The van der Waals surface area contributed by atoms with Gasteiger partial charge in [0.1, 0.15) is 11.4 Å². The average Bonchev–Trinajstić information content (AvgIpc) is 2.80. The van der Waals surface area contributed by atoms with Gasteiger partial charge in [-0.25, -0.2) is 9.59 Å². The highest BCUT2D eigenvalue weighted by Gasteiger charge is 2.29. The minimum absolute atomic E-state index is 0.0785. The van der Waals surface area contributed by atoms with Crippen molar-refractivity contribution in [1.82, 2.24) is 5.32 Å². The van der Waals surface area contributed by atoms with Crippen molar-refractivity contribution in [2.75, 3.05) is 20.3 Å². The van der Waals surface area contributed by atoms with Gasteiger partial charge in [0.15, 0.2) is 6.04 Å². The topological polar surface area (TPSA) is 90.9 Å². The van der Waals surface area contributed by atoms with E-state index < -0.39 is 23.7 Å². The zero-order valence-corrected chi connectivity index (χ0v) is 21.3. The van der Waals surface area contributed by atoms with Gasteiger partial charge in [-0.05, 0) is 57.6 Å². The Morgan fingerprint density at radius 3 is 1.89 bits per heavy atom. The maximum atomic E-state index is 12.7. The highest BCUT2D eigenvalue weighted by Crippen LogP contribution is 2.24. The molecule has 0 spiro atoms. The summed E-state index contributed by atoms with van der Waals surface area (Å²) in [6.45, 7) is 6.94. The van der Waals surface area contributed by atoms with E-state index in [0.29, 0.717) is 12.8 Å². The molecule has 0 radical (unpaired) electrons. The maximum absolute atomic E-state index is 12.7. The number of nitrogens with one attached hydrogen (secondary N) is 1. The fourth-order valence-corrected chi connectivity index (χ4v) is 3.84. The zero-order chi connectivity index (χ0) is 25.8. The van der Waals surface area contributed by atoms with E-state index in [0.717, 1.165) is 11.1 Å². The standard InChI is InChI=1S/C28H37NO6/c1-20(30)24(17-22-14-10-7-11-15-22)23(16-21-12-8-6-9-13-21)18-34-19-25(26(31)33-5)29-27(32)35-28(2,3)4/h6-15,23-25H,16-19H2,1-5H3,(H,29,32)/t23-,24-,25?/m0/s1. The molecule has 2 rings (SSSR count). The maximum Gasteiger partial charge on any atom is 0.408 e. The molecular formula is C28H37NO6. The van der Waals surface area contributed by atoms with E-state index >= 15 is 0 Å². The van der Waals surface area contributed by atoms with Gasteiger partial charge in [0.2, 0.25) is 0 Å². The number of methoxy groups -OCH3 is 1. The van der Waals surface area contributed by atoms with Crippen LogP contribution in [0.25, 0.3) is 0 Å². The largest absolute Gasteiger partial charge is 0.467 e. The van der Waals surface area contributed by atoms with Crippen molar-refractivity contribution in [3.63, 3.8) is 0 Å². The van der Waals surface area contributed by atoms with Crippen LogP contribution in [0.3, 0.4) is 0 Å². The number of amides is 1. The summed E-state index contributed by atoms with van der Waals surface area (Å²) in [7, 11) is 1.25. The lowest BCUT2D eigenvalue weighted by molar-refractivity contribution is -0.145. The van der Waals surface area contributed by atoms with Crippen LogP contribution in [0.15, 0.2) is 60.7 Å². The molecule has 1 unspecified atom stereocenters. The van der Waals surface area contributed by atoms with Crippen LogP contribution in [0.5, 0.6) is 0 Å². The SMILES string of the molecule is COC(=O)C(COC[C@H](Cc1ccccc1)[C@@H](Cc1ccccc1)C(C)=O)NC(=O)OC(C)(C)C. The minimum Gasteiger partial charge on any atom is -0.467 e. The molecule has 0 aromatic heterocycles. The van der Waals surface area contributed by atoms with E-state index in [9.17, 15) is 14.4 Å². The molecule has 35 heavy (non-hydrogen) atoms. The van der Waals surface area contributed by atoms with E-state index in [2.05, 4.69) is 5.32 Å². The Hall–Kier alpha value is -3.19. The smallest absolute Gasteiger partial charge is 0.408 e. The molecule has 190 valence electrons. The Kier molecular flexibility index (Phi) is 10.9. The van der Waals surface area contributed by atoms with Crippen molar-refractivity contribution in [2.24, 2.45) is 11.8 Å². The lowest BCUT2D eigenvalue weighted by atomic mass is 9.81. The first kappa shape index (κ1) is 28.1. The summed E-state index contributed by atoms with van der Waals surface area (Å²) in [6.07, 6.45) is 0.497. The highest BCUT2D eigenvalue weighted by molar-refractivity contribution is 5.81. The molecule has 1 N–H and O–H groups in total. The van der Waals surface area contributed by atoms with Crippen LogP contribution in [-0.4, -0.2) is 49.8 Å². The molecule has 0 saturated heterocycles. The molecule has 0 heterocycles. The van der Waals surface area contributed by atoms with Gasteiger partial charge >= 0.3 is 12.1 Å². The van der Waals surface area contributed by atoms with Gasteiger partial charge in [-0.1, -0.05) is 60.7 Å². The van der Waals surface area contributed by atoms with E-state index in [1.54, 1.807) is 27.7 Å². The molecule has 1 amide bonds. The summed E-state index contributed by atoms with van der Waals surface area (Å²) in [5.41, 5.74) is 1.46. The lowest BCUT2D eigenvalue weighted by Gasteiger charge is -2.27. The van der Waals surface area contributed by atoms with E-state index in [1.807, 2.05) is 60.7 Å². The van der Waals surface area contributed by atoms with Crippen molar-refractivity contribution in [3.8, 4) is 0 Å². The summed E-state index contributed by atoms with van der Waals surface area (Å²) in [5, 5.41) is 2.51. The minimum atomic E-state index is -1.03. The van der Waals surface area contributed by atoms with E-state index in [1.165, 1.54) is 7.11 Å². The summed E-state index contributed by atoms with van der Waals surface area (Å²) >= 11 is 0. The van der Waals surface area contributed by atoms with Crippen LogP contribution < -0.4 is 5.32 Å². The number of hydrogen-bond acceptors (Lipinski definition) is 6. The molecule has 0 aliphatic heterocycles. The van der Waals surface area contributed by atoms with Crippen LogP contribution >= 0.6 is 0 Å². The fraction of sp³-hybridized carbons (Fsp3) is 0.464. The summed E-state index contributed by atoms with van der Waals surface area (Å²) in [4.78, 5) is 37.1. The van der Waals surface area contributed by atoms with Gasteiger partial charge in [-0.15, -0.1) is 0 Å². The van der Waals surface area contributed by atoms with Gasteiger partial charge in [-0.3, -0.25) is 4.79 Å². The Bertz CT molecular complexity index is 939. The molecular weight excluding hydrogens is 446 g/mol. The van der Waals surface area contributed by atoms with E-state index in [4.69, 9.17) is 14.2 Å². The third kappa shape index (κ3) is 10.3. The van der Waals surface area contributed by atoms with E-state index in [-0.39, 0.29) is 30.8 Å². The van der Waals surface area contributed by atoms with Crippen LogP contribution in [0.2, 0.25) is 0 Å². The number of ether oxygens (including phenoxy) is 3. The second kappa shape index (κ2) is 13.6. The first-order valence-corrected chi connectivity index (χ1v) is 11.8. The van der Waals surface area contributed by atoms with Crippen molar-refractivity contribution in [2.45, 2.75) is 52.2 Å². The Morgan fingerprint density at radius 1 is 0.857 bits per heavy atom. The number of alkyl carbamates (subject to hydrolysis) is 1. The van der Waals surface area contributed by atoms with Crippen LogP contribution in [0, 0.1) is 11.8 Å². The summed E-state index contributed by atoms with van der Waals surface area (Å²) < 4.78 is 16.0. The van der Waals surface area contributed by atoms with Crippen LogP contribution in [-0.2, 0) is 36.6 Å². The highest BCUT2D eigenvalue weighted by atomic mass is 16.6. The molecule has 7 heteroatoms. The van der Waals surface area contributed by atoms with Crippen LogP contribution in [0.4, 0.5) is 4.79 Å². The predicted molar refractivity (Wildman–Crippen MR) is 134 cm³/mol. The zero-order valence-electron chi connectivity index (χ0n) is 21.3. The first-order chi connectivity index (χ1) is 16.6. The van der Waals surface area contributed by atoms with Crippen molar-refractivity contribution in [3.05, 3.63) is 71.8 Å². The van der Waals surface area contributed by atoms with Crippen LogP contribution in [0.1, 0.15) is 38.8 Å². The fourth-order valence-electron chi connectivity index (χ4n) is 3.84. The molecule has 3 atom stereocenters. The van der Waals surface area contributed by atoms with Gasteiger partial charge in [0.25, 0.3) is 0 Å². The molecule has 0 fully saturated rings. The quantitative estimate of drug-likeness (QED) is 0.451. The molecule has 0 bridgehead atoms. The second-order valence-corrected chi connectivity index (χ2v) is 9.62. The molecule has 0 aliphatic carbocycles. The number of rotatable bonds is 12. The Balaban J connectivity index is 2.14.